The molecular formula is C13H18F3N3O2. The van der Waals surface area contributed by atoms with Crippen LogP contribution < -0.4 is 10.6 Å². The van der Waals surface area contributed by atoms with Gasteiger partial charge >= 0.3 is 6.18 Å². The zero-order valence-corrected chi connectivity index (χ0v) is 11.9. The summed E-state index contributed by atoms with van der Waals surface area (Å²) in [7, 11) is 1.59. The summed E-state index contributed by atoms with van der Waals surface area (Å²) >= 11 is 0. The molecule has 0 spiro atoms. The second-order valence-electron chi connectivity index (χ2n) is 4.33. The number of nitrogens with zero attached hydrogens (tertiary/aromatic N) is 1. The SMILES string of the molecule is COCCNCCNC(=O)c1ccc(C(F)(F)F)nc1C. The predicted octanol–water partition coefficient (Wildman–Crippen LogP) is 1.37. The number of hydrogen-bond acceptors (Lipinski definition) is 4. The van der Waals surface area contributed by atoms with Crippen molar-refractivity contribution in [1.29, 1.82) is 0 Å². The van der Waals surface area contributed by atoms with Crippen molar-refractivity contribution in [3.63, 3.8) is 0 Å². The van der Waals surface area contributed by atoms with Gasteiger partial charge in [0.15, 0.2) is 0 Å². The number of aromatic nitrogens is 1. The van der Waals surface area contributed by atoms with E-state index in [0.29, 0.717) is 26.2 Å². The number of pyridine rings is 1. The molecular weight excluding hydrogens is 287 g/mol. The molecule has 1 amide bonds. The highest BCUT2D eigenvalue weighted by Gasteiger charge is 2.32. The number of aryl methyl sites for hydroxylation is 1. The molecule has 0 saturated heterocycles. The van der Waals surface area contributed by atoms with E-state index in [4.69, 9.17) is 4.74 Å². The van der Waals surface area contributed by atoms with Crippen molar-refractivity contribution in [2.45, 2.75) is 13.1 Å². The number of rotatable bonds is 7. The fourth-order valence-corrected chi connectivity index (χ4v) is 1.62. The van der Waals surface area contributed by atoms with E-state index < -0.39 is 17.8 Å². The van der Waals surface area contributed by atoms with Gasteiger partial charge in [0.05, 0.1) is 17.9 Å². The molecule has 0 fully saturated rings. The van der Waals surface area contributed by atoms with Gasteiger partial charge in [-0.15, -0.1) is 0 Å². The van der Waals surface area contributed by atoms with E-state index >= 15 is 0 Å². The summed E-state index contributed by atoms with van der Waals surface area (Å²) in [6.07, 6.45) is -4.51. The number of carbonyl (C=O) groups is 1. The van der Waals surface area contributed by atoms with E-state index in [0.717, 1.165) is 12.1 Å². The normalized spacial score (nSPS) is 11.5. The lowest BCUT2D eigenvalue weighted by molar-refractivity contribution is -0.141. The van der Waals surface area contributed by atoms with Gasteiger partial charge in [0.1, 0.15) is 5.69 Å². The first kappa shape index (κ1) is 17.4. The molecule has 2 N–H and O–H groups in total. The van der Waals surface area contributed by atoms with Crippen molar-refractivity contribution >= 4 is 5.91 Å². The maximum absolute atomic E-state index is 12.5. The Labute approximate surface area is 120 Å². The first-order chi connectivity index (χ1) is 9.86. The van der Waals surface area contributed by atoms with Crippen LogP contribution in [0.4, 0.5) is 13.2 Å². The smallest absolute Gasteiger partial charge is 0.383 e. The zero-order valence-electron chi connectivity index (χ0n) is 11.9. The number of amides is 1. The molecule has 1 heterocycles. The van der Waals surface area contributed by atoms with Crippen LogP contribution in [0.5, 0.6) is 0 Å². The summed E-state index contributed by atoms with van der Waals surface area (Å²) in [5.41, 5.74) is -0.813. The number of methoxy groups -OCH3 is 1. The highest BCUT2D eigenvalue weighted by Crippen LogP contribution is 2.28. The standard InChI is InChI=1S/C13H18F3N3O2/c1-9-10(3-4-11(19-9)13(14,15)16)12(20)18-6-5-17-7-8-21-2/h3-4,17H,5-8H2,1-2H3,(H,18,20). The van der Waals surface area contributed by atoms with Gasteiger partial charge in [-0.2, -0.15) is 13.2 Å². The maximum atomic E-state index is 12.5. The minimum atomic E-state index is -4.51. The highest BCUT2D eigenvalue weighted by molar-refractivity contribution is 5.95. The zero-order chi connectivity index (χ0) is 15.9. The number of nitrogens with one attached hydrogen (secondary N) is 2. The quantitative estimate of drug-likeness (QED) is 0.747. The van der Waals surface area contributed by atoms with Crippen LogP contribution >= 0.6 is 0 Å². The van der Waals surface area contributed by atoms with E-state index in [9.17, 15) is 18.0 Å². The van der Waals surface area contributed by atoms with Crippen molar-refractivity contribution in [1.82, 2.24) is 15.6 Å². The molecule has 0 bridgehead atoms. The Balaban J connectivity index is 2.51. The lowest BCUT2D eigenvalue weighted by atomic mass is 10.1. The molecule has 0 aliphatic rings. The number of hydrogen-bond donors (Lipinski definition) is 2. The second-order valence-corrected chi connectivity index (χ2v) is 4.33. The number of halogens is 3. The van der Waals surface area contributed by atoms with Gasteiger partial charge in [0.2, 0.25) is 0 Å². The third-order valence-corrected chi connectivity index (χ3v) is 2.69. The van der Waals surface area contributed by atoms with E-state index in [-0.39, 0.29) is 11.3 Å². The van der Waals surface area contributed by atoms with Crippen LogP contribution in [0.25, 0.3) is 0 Å². The Morgan fingerprint density at radius 1 is 1.29 bits per heavy atom. The number of ether oxygens (including phenoxy) is 1. The van der Waals surface area contributed by atoms with E-state index in [1.54, 1.807) is 7.11 Å². The minimum Gasteiger partial charge on any atom is -0.383 e. The van der Waals surface area contributed by atoms with Crippen molar-refractivity contribution in [2.24, 2.45) is 0 Å². The maximum Gasteiger partial charge on any atom is 0.433 e. The molecule has 0 unspecified atom stereocenters. The van der Waals surface area contributed by atoms with E-state index in [1.165, 1.54) is 6.92 Å². The third-order valence-electron chi connectivity index (χ3n) is 2.69. The Morgan fingerprint density at radius 3 is 2.57 bits per heavy atom. The highest BCUT2D eigenvalue weighted by atomic mass is 19.4. The third kappa shape index (κ3) is 5.68. The van der Waals surface area contributed by atoms with Crippen LogP contribution in [0.1, 0.15) is 21.7 Å². The monoisotopic (exact) mass is 305 g/mol. The fraction of sp³-hybridized carbons (Fsp3) is 0.538. The van der Waals surface area contributed by atoms with Crippen LogP contribution in [0, 0.1) is 6.92 Å². The minimum absolute atomic E-state index is 0.0506. The lowest BCUT2D eigenvalue weighted by Crippen LogP contribution is -2.33. The Kier molecular flexibility index (Phi) is 6.57. The molecule has 0 aliphatic carbocycles. The molecule has 0 aromatic carbocycles. The Hall–Kier alpha value is -1.67. The Bertz CT molecular complexity index is 478. The first-order valence-corrected chi connectivity index (χ1v) is 6.39. The van der Waals surface area contributed by atoms with Crippen molar-refractivity contribution in [3.05, 3.63) is 29.1 Å². The molecule has 8 heteroatoms. The van der Waals surface area contributed by atoms with Crippen molar-refractivity contribution in [3.8, 4) is 0 Å². The van der Waals surface area contributed by atoms with Gasteiger partial charge in [0.25, 0.3) is 5.91 Å². The van der Waals surface area contributed by atoms with Crippen LogP contribution in [-0.4, -0.2) is 44.2 Å². The number of alkyl halides is 3. The van der Waals surface area contributed by atoms with Crippen molar-refractivity contribution < 1.29 is 22.7 Å². The summed E-state index contributed by atoms with van der Waals surface area (Å²) in [5.74, 6) is -0.442. The average molecular weight is 305 g/mol. The van der Waals surface area contributed by atoms with Gasteiger partial charge in [0, 0.05) is 26.7 Å². The molecule has 0 saturated carbocycles. The van der Waals surface area contributed by atoms with Gasteiger partial charge in [-0.25, -0.2) is 4.98 Å². The molecule has 118 valence electrons. The topological polar surface area (TPSA) is 63.2 Å². The predicted molar refractivity (Wildman–Crippen MR) is 71.1 cm³/mol. The summed E-state index contributed by atoms with van der Waals surface area (Å²) < 4.78 is 42.3. The average Bonchev–Trinajstić information content (AvgIpc) is 2.41. The summed E-state index contributed by atoms with van der Waals surface area (Å²) in [6.45, 7) is 3.51. The largest absolute Gasteiger partial charge is 0.433 e. The lowest BCUT2D eigenvalue weighted by Gasteiger charge is -2.10. The molecule has 0 radical (unpaired) electrons. The van der Waals surface area contributed by atoms with Gasteiger partial charge < -0.3 is 15.4 Å². The molecule has 1 rings (SSSR count). The molecule has 5 nitrogen and oxygen atoms in total. The van der Waals surface area contributed by atoms with Crippen LogP contribution in [0.3, 0.4) is 0 Å². The van der Waals surface area contributed by atoms with Crippen LogP contribution in [0.15, 0.2) is 12.1 Å². The summed E-state index contributed by atoms with van der Waals surface area (Å²) in [6, 6.07) is 1.94. The fourth-order valence-electron chi connectivity index (χ4n) is 1.62. The summed E-state index contributed by atoms with van der Waals surface area (Å²) in [4.78, 5) is 15.2. The van der Waals surface area contributed by atoms with Gasteiger partial charge in [-0.1, -0.05) is 0 Å². The van der Waals surface area contributed by atoms with Crippen molar-refractivity contribution in [2.75, 3.05) is 33.4 Å². The van der Waals surface area contributed by atoms with Gasteiger partial charge in [-0.3, -0.25) is 4.79 Å². The molecule has 0 atom stereocenters. The summed E-state index contributed by atoms with van der Waals surface area (Å²) in [5, 5.41) is 5.64. The molecule has 21 heavy (non-hydrogen) atoms. The van der Waals surface area contributed by atoms with Crippen LogP contribution in [-0.2, 0) is 10.9 Å². The first-order valence-electron chi connectivity index (χ1n) is 6.39. The van der Waals surface area contributed by atoms with E-state index in [2.05, 4.69) is 15.6 Å². The molecule has 1 aromatic rings. The molecule has 0 aliphatic heterocycles. The van der Waals surface area contributed by atoms with E-state index in [1.807, 2.05) is 0 Å². The van der Waals surface area contributed by atoms with Crippen LogP contribution in [0.2, 0.25) is 0 Å². The Morgan fingerprint density at radius 2 is 2.00 bits per heavy atom. The second kappa shape index (κ2) is 7.94. The molecule has 1 aromatic heterocycles. The van der Waals surface area contributed by atoms with Gasteiger partial charge in [-0.05, 0) is 19.1 Å². The number of carbonyl (C=O) groups excluding carboxylic acids is 1.